The minimum atomic E-state index is -0.160. The maximum Gasteiger partial charge on any atom is 0.265 e. The van der Waals surface area contributed by atoms with Crippen molar-refractivity contribution in [3.63, 3.8) is 0 Å². The summed E-state index contributed by atoms with van der Waals surface area (Å²) in [7, 11) is 1.59. The molecule has 2 aromatic carbocycles. The molecule has 1 heterocycles. The van der Waals surface area contributed by atoms with Crippen LogP contribution in [0.4, 0.5) is 5.69 Å². The van der Waals surface area contributed by atoms with E-state index in [1.54, 1.807) is 25.3 Å². The molecule has 1 amide bonds. The van der Waals surface area contributed by atoms with Crippen LogP contribution in [-0.4, -0.2) is 13.0 Å². The molecule has 0 fully saturated rings. The molecule has 3 rings (SSSR count). The quantitative estimate of drug-likeness (QED) is 0.642. The van der Waals surface area contributed by atoms with Crippen LogP contribution in [0.15, 0.2) is 60.0 Å². The van der Waals surface area contributed by atoms with E-state index in [9.17, 15) is 4.79 Å². The smallest absolute Gasteiger partial charge is 0.265 e. The van der Waals surface area contributed by atoms with Gasteiger partial charge in [0, 0.05) is 22.3 Å². The molecule has 0 aliphatic rings. The van der Waals surface area contributed by atoms with Crippen LogP contribution in [0.1, 0.15) is 15.2 Å². The Labute approximate surface area is 155 Å². The Morgan fingerprint density at radius 2 is 1.92 bits per heavy atom. The molecule has 0 saturated heterocycles. The molecule has 0 atom stereocenters. The van der Waals surface area contributed by atoms with Crippen LogP contribution in [0, 0.1) is 0 Å². The van der Waals surface area contributed by atoms with E-state index in [-0.39, 0.29) is 5.91 Å². The van der Waals surface area contributed by atoms with Gasteiger partial charge in [-0.15, -0.1) is 11.3 Å². The van der Waals surface area contributed by atoms with Gasteiger partial charge in [-0.25, -0.2) is 0 Å². The summed E-state index contributed by atoms with van der Waals surface area (Å²) in [6.07, 6.45) is 0. The Balaban J connectivity index is 1.61. The first-order valence-electron chi connectivity index (χ1n) is 7.55. The van der Waals surface area contributed by atoms with E-state index >= 15 is 0 Å². The first-order valence-corrected chi connectivity index (χ1v) is 8.81. The number of rotatable bonds is 6. The minimum absolute atomic E-state index is 0.160. The van der Waals surface area contributed by atoms with Gasteiger partial charge in [0.05, 0.1) is 12.0 Å². The number of nitrogens with one attached hydrogen (secondary N) is 1. The van der Waals surface area contributed by atoms with Gasteiger partial charge in [0.25, 0.3) is 5.91 Å². The van der Waals surface area contributed by atoms with Crippen molar-refractivity contribution >= 4 is 34.5 Å². The second-order valence-electron chi connectivity index (χ2n) is 5.25. The summed E-state index contributed by atoms with van der Waals surface area (Å²) >= 11 is 7.31. The summed E-state index contributed by atoms with van der Waals surface area (Å²) in [6.45, 7) is 0.378. The van der Waals surface area contributed by atoms with Gasteiger partial charge < -0.3 is 14.8 Å². The van der Waals surface area contributed by atoms with Crippen molar-refractivity contribution in [3.05, 3.63) is 75.4 Å². The van der Waals surface area contributed by atoms with Crippen molar-refractivity contribution < 1.29 is 14.3 Å². The number of ether oxygens (including phenoxy) is 2. The fraction of sp³-hybridized carbons (Fsp3) is 0.105. The highest BCUT2D eigenvalue weighted by Crippen LogP contribution is 2.22. The molecule has 0 radical (unpaired) electrons. The number of carbonyl (C=O) groups is 1. The highest BCUT2D eigenvalue weighted by Gasteiger charge is 2.10. The third-order valence-electron chi connectivity index (χ3n) is 3.41. The van der Waals surface area contributed by atoms with Crippen LogP contribution in [-0.2, 0) is 6.61 Å². The molecule has 25 heavy (non-hydrogen) atoms. The molecule has 3 aromatic rings. The molecule has 6 heteroatoms. The number of benzene rings is 2. The predicted octanol–water partition coefficient (Wildman–Crippen LogP) is 5.24. The lowest BCUT2D eigenvalue weighted by Gasteiger charge is -2.06. The van der Waals surface area contributed by atoms with E-state index in [1.165, 1.54) is 11.3 Å². The molecule has 0 spiro atoms. The van der Waals surface area contributed by atoms with E-state index in [4.69, 9.17) is 21.1 Å². The average Bonchev–Trinajstić information content (AvgIpc) is 3.09. The van der Waals surface area contributed by atoms with Crippen LogP contribution in [0.5, 0.6) is 11.5 Å². The van der Waals surface area contributed by atoms with Gasteiger partial charge in [0.1, 0.15) is 18.1 Å². The van der Waals surface area contributed by atoms with Crippen molar-refractivity contribution in [2.75, 3.05) is 12.4 Å². The van der Waals surface area contributed by atoms with Crippen molar-refractivity contribution in [1.29, 1.82) is 0 Å². The Kier molecular flexibility index (Phi) is 5.58. The highest BCUT2D eigenvalue weighted by molar-refractivity contribution is 7.12. The standard InChI is InChI=1S/C19H16ClNO3S/c1-23-16-6-3-5-15(10-16)21-19(22)18-8-13(12-25-18)11-24-17-7-2-4-14(20)9-17/h2-10,12H,11H2,1H3,(H,21,22). The highest BCUT2D eigenvalue weighted by atomic mass is 35.5. The fourth-order valence-electron chi connectivity index (χ4n) is 2.19. The molecule has 0 unspecified atom stereocenters. The predicted molar refractivity (Wildman–Crippen MR) is 101 cm³/mol. The summed E-state index contributed by atoms with van der Waals surface area (Å²) in [5.74, 6) is 1.23. The second kappa shape index (κ2) is 8.05. The van der Waals surface area contributed by atoms with Crippen molar-refractivity contribution in [2.24, 2.45) is 0 Å². The number of hydrogen-bond donors (Lipinski definition) is 1. The molecule has 1 N–H and O–H groups in total. The van der Waals surface area contributed by atoms with Crippen molar-refractivity contribution in [1.82, 2.24) is 0 Å². The molecule has 4 nitrogen and oxygen atoms in total. The van der Waals surface area contributed by atoms with Crippen molar-refractivity contribution in [3.8, 4) is 11.5 Å². The molecule has 1 aromatic heterocycles. The van der Waals surface area contributed by atoms with Crippen LogP contribution < -0.4 is 14.8 Å². The van der Waals surface area contributed by atoms with E-state index in [1.807, 2.05) is 41.8 Å². The molecule has 0 bridgehead atoms. The topological polar surface area (TPSA) is 47.6 Å². The monoisotopic (exact) mass is 373 g/mol. The van der Waals surface area contributed by atoms with Crippen molar-refractivity contribution in [2.45, 2.75) is 6.61 Å². The number of hydrogen-bond acceptors (Lipinski definition) is 4. The van der Waals surface area contributed by atoms with E-state index in [2.05, 4.69) is 5.32 Å². The minimum Gasteiger partial charge on any atom is -0.497 e. The van der Waals surface area contributed by atoms with Crippen LogP contribution in [0.3, 0.4) is 0 Å². The van der Waals surface area contributed by atoms with Crippen LogP contribution >= 0.6 is 22.9 Å². The Morgan fingerprint density at radius 3 is 2.72 bits per heavy atom. The number of thiophene rings is 1. The Hall–Kier alpha value is -2.50. The number of methoxy groups -OCH3 is 1. The van der Waals surface area contributed by atoms with E-state index in [0.717, 1.165) is 5.56 Å². The lowest BCUT2D eigenvalue weighted by atomic mass is 10.2. The lowest BCUT2D eigenvalue weighted by molar-refractivity contribution is 0.103. The van der Waals surface area contributed by atoms with E-state index < -0.39 is 0 Å². The SMILES string of the molecule is COc1cccc(NC(=O)c2cc(COc3cccc(Cl)c3)cs2)c1. The van der Waals surface area contributed by atoms with Crippen LogP contribution in [0.2, 0.25) is 5.02 Å². The number of halogens is 1. The van der Waals surface area contributed by atoms with Gasteiger partial charge in [0.2, 0.25) is 0 Å². The van der Waals surface area contributed by atoms with Gasteiger partial charge in [-0.05, 0) is 41.8 Å². The zero-order chi connectivity index (χ0) is 17.6. The fourth-order valence-corrected chi connectivity index (χ4v) is 3.16. The third-order valence-corrected chi connectivity index (χ3v) is 4.62. The molecular formula is C19H16ClNO3S. The maximum absolute atomic E-state index is 12.3. The summed E-state index contributed by atoms with van der Waals surface area (Å²) in [6, 6.07) is 16.3. The van der Waals surface area contributed by atoms with E-state index in [0.29, 0.717) is 33.7 Å². The summed E-state index contributed by atoms with van der Waals surface area (Å²) in [4.78, 5) is 13.0. The third kappa shape index (κ3) is 4.75. The maximum atomic E-state index is 12.3. The Bertz CT molecular complexity index is 878. The zero-order valence-electron chi connectivity index (χ0n) is 13.5. The first kappa shape index (κ1) is 17.3. The van der Waals surface area contributed by atoms with Gasteiger partial charge >= 0.3 is 0 Å². The van der Waals surface area contributed by atoms with Gasteiger partial charge in [-0.2, -0.15) is 0 Å². The summed E-state index contributed by atoms with van der Waals surface area (Å²) in [5, 5.41) is 5.39. The second-order valence-corrected chi connectivity index (χ2v) is 6.60. The molecular weight excluding hydrogens is 358 g/mol. The van der Waals surface area contributed by atoms with Gasteiger partial charge in [-0.1, -0.05) is 23.7 Å². The van der Waals surface area contributed by atoms with Gasteiger partial charge in [-0.3, -0.25) is 4.79 Å². The molecule has 0 aliphatic carbocycles. The average molecular weight is 374 g/mol. The van der Waals surface area contributed by atoms with Crippen LogP contribution in [0.25, 0.3) is 0 Å². The molecule has 128 valence electrons. The Morgan fingerprint density at radius 1 is 1.12 bits per heavy atom. The number of carbonyl (C=O) groups excluding carboxylic acids is 1. The number of amides is 1. The molecule has 0 aliphatic heterocycles. The van der Waals surface area contributed by atoms with Gasteiger partial charge in [0.15, 0.2) is 0 Å². The number of anilines is 1. The summed E-state index contributed by atoms with van der Waals surface area (Å²) < 4.78 is 10.8. The lowest BCUT2D eigenvalue weighted by Crippen LogP contribution is -2.10. The molecule has 0 saturated carbocycles. The first-order chi connectivity index (χ1) is 12.1. The summed E-state index contributed by atoms with van der Waals surface area (Å²) in [5.41, 5.74) is 1.62. The zero-order valence-corrected chi connectivity index (χ0v) is 15.1. The largest absolute Gasteiger partial charge is 0.497 e. The normalized spacial score (nSPS) is 10.3.